The van der Waals surface area contributed by atoms with Crippen molar-refractivity contribution in [2.24, 2.45) is 5.73 Å². The van der Waals surface area contributed by atoms with E-state index in [-0.39, 0.29) is 5.54 Å². The van der Waals surface area contributed by atoms with E-state index in [0.717, 1.165) is 0 Å². The van der Waals surface area contributed by atoms with Crippen LogP contribution in [-0.4, -0.2) is 23.1 Å². The van der Waals surface area contributed by atoms with E-state index in [1.807, 2.05) is 20.8 Å². The van der Waals surface area contributed by atoms with E-state index in [2.05, 4.69) is 5.32 Å². The summed E-state index contributed by atoms with van der Waals surface area (Å²) in [5.41, 5.74) is 6.12. The minimum atomic E-state index is -0.738. The number of amides is 1. The highest BCUT2D eigenvalue weighted by atomic mass is 16.3. The Morgan fingerprint density at radius 3 is 2.53 bits per heavy atom. The minimum absolute atomic E-state index is 0.0807. The molecule has 0 saturated heterocycles. The van der Waals surface area contributed by atoms with Crippen LogP contribution in [0.25, 0.3) is 0 Å². The first-order valence-corrected chi connectivity index (χ1v) is 5.63. The molecule has 1 atom stereocenters. The van der Waals surface area contributed by atoms with E-state index in [4.69, 9.17) is 5.73 Å². The molecule has 0 aromatic heterocycles. The number of nitrogens with two attached hydrogens (primary N) is 1. The van der Waals surface area contributed by atoms with Crippen LogP contribution in [0.5, 0.6) is 0 Å². The van der Waals surface area contributed by atoms with Gasteiger partial charge in [0, 0.05) is 17.6 Å². The molecule has 94 valence electrons. The molecule has 0 saturated carbocycles. The topological polar surface area (TPSA) is 75.3 Å². The summed E-state index contributed by atoms with van der Waals surface area (Å²) in [6.07, 6.45) is -0.738. The van der Waals surface area contributed by atoms with Crippen LogP contribution in [0.2, 0.25) is 0 Å². The summed E-state index contributed by atoms with van der Waals surface area (Å²) in [6, 6.07) is 6.85. The van der Waals surface area contributed by atoms with E-state index in [0.29, 0.717) is 17.7 Å². The quantitative estimate of drug-likeness (QED) is 0.735. The summed E-state index contributed by atoms with van der Waals surface area (Å²) in [4.78, 5) is 11.2. The number of aliphatic hydroxyl groups is 1. The third kappa shape index (κ3) is 4.17. The molecule has 0 aliphatic rings. The van der Waals surface area contributed by atoms with Gasteiger partial charge < -0.3 is 16.2 Å². The Morgan fingerprint density at radius 2 is 2.00 bits per heavy atom. The molecule has 0 bridgehead atoms. The molecular formula is C13H20N2O2. The van der Waals surface area contributed by atoms with Crippen molar-refractivity contribution < 1.29 is 9.90 Å². The number of primary amides is 1. The van der Waals surface area contributed by atoms with Gasteiger partial charge in [0.05, 0.1) is 6.10 Å². The molecule has 17 heavy (non-hydrogen) atoms. The molecule has 1 amide bonds. The molecule has 1 aromatic rings. The first kappa shape index (κ1) is 13.7. The summed E-state index contributed by atoms with van der Waals surface area (Å²) in [7, 11) is 0. The van der Waals surface area contributed by atoms with Crippen LogP contribution in [0.3, 0.4) is 0 Å². The van der Waals surface area contributed by atoms with E-state index >= 15 is 0 Å². The molecule has 0 fully saturated rings. The van der Waals surface area contributed by atoms with Crippen LogP contribution < -0.4 is 11.1 Å². The summed E-state index contributed by atoms with van der Waals surface area (Å²) in [5, 5.41) is 13.2. The maximum Gasteiger partial charge on any atom is 0.249 e. The molecule has 0 spiro atoms. The van der Waals surface area contributed by atoms with Crippen molar-refractivity contribution in [2.45, 2.75) is 32.4 Å². The highest BCUT2D eigenvalue weighted by Gasteiger charge is 2.17. The molecule has 0 aliphatic carbocycles. The second-order valence-corrected chi connectivity index (χ2v) is 5.10. The van der Waals surface area contributed by atoms with Crippen LogP contribution in [0.1, 0.15) is 42.8 Å². The number of hydrogen-bond donors (Lipinski definition) is 3. The lowest BCUT2D eigenvalue weighted by Crippen LogP contribution is -2.38. The number of β-amino-alcohol motifs (C(OH)–C–C–N with tert-alkyl or cyclic N) is 1. The van der Waals surface area contributed by atoms with Gasteiger partial charge in [0.15, 0.2) is 0 Å². The predicted molar refractivity (Wildman–Crippen MR) is 67.7 cm³/mol. The van der Waals surface area contributed by atoms with Gasteiger partial charge in [-0.1, -0.05) is 18.2 Å². The van der Waals surface area contributed by atoms with Crippen molar-refractivity contribution in [3.8, 4) is 0 Å². The van der Waals surface area contributed by atoms with E-state index in [1.54, 1.807) is 24.3 Å². The standard InChI is InChI=1S/C13H20N2O2/c1-13(2,3)15-8-11(16)9-6-4-5-7-10(9)12(14)17/h4-7,11,15-16H,8H2,1-3H3,(H2,14,17). The lowest BCUT2D eigenvalue weighted by atomic mass is 10.0. The highest BCUT2D eigenvalue weighted by molar-refractivity contribution is 5.94. The lowest BCUT2D eigenvalue weighted by molar-refractivity contribution is 0.0991. The second-order valence-electron chi connectivity index (χ2n) is 5.10. The van der Waals surface area contributed by atoms with Gasteiger partial charge in [0.1, 0.15) is 0 Å². The predicted octanol–water partition coefficient (Wildman–Crippen LogP) is 1.21. The third-order valence-corrected chi connectivity index (χ3v) is 2.41. The zero-order chi connectivity index (χ0) is 13.1. The van der Waals surface area contributed by atoms with Gasteiger partial charge in [-0.05, 0) is 32.4 Å². The van der Waals surface area contributed by atoms with Gasteiger partial charge in [0.25, 0.3) is 0 Å². The van der Waals surface area contributed by atoms with Gasteiger partial charge in [-0.25, -0.2) is 0 Å². The average molecular weight is 236 g/mol. The van der Waals surface area contributed by atoms with Gasteiger partial charge in [-0.2, -0.15) is 0 Å². The van der Waals surface area contributed by atoms with Crippen molar-refractivity contribution in [3.63, 3.8) is 0 Å². The fourth-order valence-electron chi connectivity index (χ4n) is 1.52. The number of rotatable bonds is 4. The molecule has 1 rings (SSSR count). The van der Waals surface area contributed by atoms with E-state index < -0.39 is 12.0 Å². The SMILES string of the molecule is CC(C)(C)NCC(O)c1ccccc1C(N)=O. The Bertz CT molecular complexity index is 397. The van der Waals surface area contributed by atoms with Crippen molar-refractivity contribution in [1.29, 1.82) is 0 Å². The summed E-state index contributed by atoms with van der Waals surface area (Å²) >= 11 is 0. The first-order valence-electron chi connectivity index (χ1n) is 5.63. The minimum Gasteiger partial charge on any atom is -0.387 e. The number of carbonyl (C=O) groups excluding carboxylic acids is 1. The van der Waals surface area contributed by atoms with Crippen LogP contribution in [0.15, 0.2) is 24.3 Å². The zero-order valence-corrected chi connectivity index (χ0v) is 10.5. The first-order chi connectivity index (χ1) is 7.81. The van der Waals surface area contributed by atoms with Crippen LogP contribution in [-0.2, 0) is 0 Å². The number of hydrogen-bond acceptors (Lipinski definition) is 3. The largest absolute Gasteiger partial charge is 0.387 e. The van der Waals surface area contributed by atoms with Crippen LogP contribution in [0.4, 0.5) is 0 Å². The molecular weight excluding hydrogens is 216 g/mol. The molecule has 1 aromatic carbocycles. The average Bonchev–Trinajstić information content (AvgIpc) is 2.25. The maximum atomic E-state index is 11.2. The maximum absolute atomic E-state index is 11.2. The van der Waals surface area contributed by atoms with Crippen molar-refractivity contribution in [1.82, 2.24) is 5.32 Å². The monoisotopic (exact) mass is 236 g/mol. The fourth-order valence-corrected chi connectivity index (χ4v) is 1.52. The van der Waals surface area contributed by atoms with Crippen LogP contribution in [0, 0.1) is 0 Å². The fraction of sp³-hybridized carbons (Fsp3) is 0.462. The number of nitrogens with one attached hydrogen (secondary N) is 1. The molecule has 4 nitrogen and oxygen atoms in total. The van der Waals surface area contributed by atoms with Crippen molar-refractivity contribution in [2.75, 3.05) is 6.54 Å². The zero-order valence-electron chi connectivity index (χ0n) is 10.5. The third-order valence-electron chi connectivity index (χ3n) is 2.41. The normalized spacial score (nSPS) is 13.4. The molecule has 4 N–H and O–H groups in total. The Labute approximate surface area is 102 Å². The molecule has 0 radical (unpaired) electrons. The summed E-state index contributed by atoms with van der Waals surface area (Å²) in [5.74, 6) is -0.518. The van der Waals surface area contributed by atoms with Crippen LogP contribution >= 0.6 is 0 Å². The Balaban J connectivity index is 2.82. The molecule has 4 heteroatoms. The smallest absolute Gasteiger partial charge is 0.249 e. The number of aliphatic hydroxyl groups excluding tert-OH is 1. The number of benzene rings is 1. The lowest BCUT2D eigenvalue weighted by Gasteiger charge is -2.23. The van der Waals surface area contributed by atoms with Crippen molar-refractivity contribution in [3.05, 3.63) is 35.4 Å². The van der Waals surface area contributed by atoms with E-state index in [1.165, 1.54) is 0 Å². The van der Waals surface area contributed by atoms with Gasteiger partial charge in [-0.3, -0.25) is 4.79 Å². The molecule has 0 heterocycles. The van der Waals surface area contributed by atoms with E-state index in [9.17, 15) is 9.90 Å². The Hall–Kier alpha value is -1.39. The number of carbonyl (C=O) groups is 1. The van der Waals surface area contributed by atoms with Gasteiger partial charge in [-0.15, -0.1) is 0 Å². The molecule has 1 unspecified atom stereocenters. The van der Waals surface area contributed by atoms with Gasteiger partial charge >= 0.3 is 0 Å². The molecule has 0 aliphatic heterocycles. The Kier molecular flexibility index (Phi) is 4.26. The Morgan fingerprint density at radius 1 is 1.41 bits per heavy atom. The van der Waals surface area contributed by atoms with Gasteiger partial charge in [0.2, 0.25) is 5.91 Å². The second kappa shape index (κ2) is 5.29. The highest BCUT2D eigenvalue weighted by Crippen LogP contribution is 2.17. The summed E-state index contributed by atoms with van der Waals surface area (Å²) in [6.45, 7) is 6.42. The summed E-state index contributed by atoms with van der Waals surface area (Å²) < 4.78 is 0. The van der Waals surface area contributed by atoms with Crippen molar-refractivity contribution >= 4 is 5.91 Å².